The lowest BCUT2D eigenvalue weighted by atomic mass is 9.92. The second-order valence-corrected chi connectivity index (χ2v) is 7.38. The average molecular weight is 356 g/mol. The molecule has 0 aliphatic carbocycles. The van der Waals surface area contributed by atoms with Crippen molar-refractivity contribution in [3.8, 4) is 0 Å². The van der Waals surface area contributed by atoms with Crippen LogP contribution in [0.5, 0.6) is 0 Å². The van der Waals surface area contributed by atoms with E-state index in [2.05, 4.69) is 10.6 Å². The van der Waals surface area contributed by atoms with Gasteiger partial charge in [-0.2, -0.15) is 0 Å². The fourth-order valence-corrected chi connectivity index (χ4v) is 4.15. The zero-order chi connectivity index (χ0) is 18.1. The maximum Gasteiger partial charge on any atom is 0.324 e. The molecule has 3 heterocycles. The van der Waals surface area contributed by atoms with Gasteiger partial charge in [-0.25, -0.2) is 4.79 Å². The van der Waals surface area contributed by atoms with E-state index in [1.54, 1.807) is 12.1 Å². The lowest BCUT2D eigenvalue weighted by molar-refractivity contribution is -0.125. The van der Waals surface area contributed by atoms with E-state index in [0.717, 1.165) is 44.6 Å². The second-order valence-electron chi connectivity index (χ2n) is 7.38. The topological polar surface area (TPSA) is 81.8 Å². The summed E-state index contributed by atoms with van der Waals surface area (Å²) in [6.07, 6.45) is 2.13. The molecule has 7 nitrogen and oxygen atoms in total. The molecule has 7 heteroatoms. The van der Waals surface area contributed by atoms with Gasteiger partial charge in [0.15, 0.2) is 0 Å². The summed E-state index contributed by atoms with van der Waals surface area (Å²) in [5.41, 5.74) is 1.50. The van der Waals surface area contributed by atoms with Crippen LogP contribution in [0, 0.1) is 11.8 Å². The van der Waals surface area contributed by atoms with E-state index in [0.29, 0.717) is 17.4 Å². The number of hydrogen-bond donors (Lipinski definition) is 2. The van der Waals surface area contributed by atoms with E-state index in [1.165, 1.54) is 4.90 Å². The van der Waals surface area contributed by atoms with Crippen molar-refractivity contribution in [2.45, 2.75) is 19.4 Å². The van der Waals surface area contributed by atoms with Gasteiger partial charge in [0.1, 0.15) is 0 Å². The number of likely N-dealkylation sites (tertiary alicyclic amines) is 1. The van der Waals surface area contributed by atoms with Gasteiger partial charge in [0.2, 0.25) is 5.91 Å². The minimum Gasteiger partial charge on any atom is -0.339 e. The standard InChI is InChI=1S/C19H24N4O3/c24-17-11-21-19(26)23(17)12-13-1-3-14(4-2-13)18(25)22-7-5-15-9-20-10-16(15)6-8-22/h1-4,15-16,20H,5-12H2,(H,21,26)/t15-,16+. The number of nitrogens with one attached hydrogen (secondary N) is 2. The fourth-order valence-electron chi connectivity index (χ4n) is 4.15. The molecule has 3 aliphatic rings. The first-order valence-corrected chi connectivity index (χ1v) is 9.29. The molecule has 138 valence electrons. The smallest absolute Gasteiger partial charge is 0.324 e. The van der Waals surface area contributed by atoms with Crippen LogP contribution >= 0.6 is 0 Å². The van der Waals surface area contributed by atoms with Crippen LogP contribution in [0.15, 0.2) is 24.3 Å². The Morgan fingerprint density at radius 3 is 2.27 bits per heavy atom. The highest BCUT2D eigenvalue weighted by Gasteiger charge is 2.32. The number of rotatable bonds is 3. The molecule has 3 aliphatic heterocycles. The predicted molar refractivity (Wildman–Crippen MR) is 95.4 cm³/mol. The lowest BCUT2D eigenvalue weighted by Crippen LogP contribution is -2.33. The van der Waals surface area contributed by atoms with Crippen molar-refractivity contribution in [3.63, 3.8) is 0 Å². The highest BCUT2D eigenvalue weighted by atomic mass is 16.2. The first-order valence-electron chi connectivity index (χ1n) is 9.29. The maximum atomic E-state index is 12.8. The zero-order valence-electron chi connectivity index (χ0n) is 14.7. The van der Waals surface area contributed by atoms with Gasteiger partial charge >= 0.3 is 6.03 Å². The number of fused-ring (bicyclic) bond motifs is 1. The first-order chi connectivity index (χ1) is 12.6. The van der Waals surface area contributed by atoms with Crippen molar-refractivity contribution < 1.29 is 14.4 Å². The molecule has 0 bridgehead atoms. The van der Waals surface area contributed by atoms with Crippen molar-refractivity contribution in [3.05, 3.63) is 35.4 Å². The Bertz CT molecular complexity index is 688. The molecule has 3 fully saturated rings. The molecule has 4 rings (SSSR count). The van der Waals surface area contributed by atoms with Crippen LogP contribution in [0.2, 0.25) is 0 Å². The molecule has 26 heavy (non-hydrogen) atoms. The summed E-state index contributed by atoms with van der Waals surface area (Å²) in [6, 6.07) is 6.87. The number of imide groups is 1. The normalized spacial score (nSPS) is 25.8. The van der Waals surface area contributed by atoms with Crippen molar-refractivity contribution in [1.29, 1.82) is 0 Å². The third kappa shape index (κ3) is 3.31. The molecule has 4 amide bonds. The van der Waals surface area contributed by atoms with Crippen LogP contribution in [0.1, 0.15) is 28.8 Å². The summed E-state index contributed by atoms with van der Waals surface area (Å²) in [5.74, 6) is 1.23. The third-order valence-corrected chi connectivity index (χ3v) is 5.79. The largest absolute Gasteiger partial charge is 0.339 e. The third-order valence-electron chi connectivity index (χ3n) is 5.79. The summed E-state index contributed by atoms with van der Waals surface area (Å²) in [5, 5.41) is 5.96. The van der Waals surface area contributed by atoms with Crippen molar-refractivity contribution >= 4 is 17.8 Å². The summed E-state index contributed by atoms with van der Waals surface area (Å²) in [6.45, 7) is 4.06. The number of benzene rings is 1. The minimum atomic E-state index is -0.361. The van der Waals surface area contributed by atoms with E-state index < -0.39 is 0 Å². The van der Waals surface area contributed by atoms with Crippen LogP contribution in [-0.2, 0) is 11.3 Å². The monoisotopic (exact) mass is 356 g/mol. The number of carbonyl (C=O) groups is 3. The first kappa shape index (κ1) is 17.0. The van der Waals surface area contributed by atoms with Gasteiger partial charge in [0.05, 0.1) is 13.1 Å². The highest BCUT2D eigenvalue weighted by Crippen LogP contribution is 2.27. The number of nitrogens with zero attached hydrogens (tertiary/aromatic N) is 2. The molecule has 0 radical (unpaired) electrons. The molecule has 1 aromatic carbocycles. The van der Waals surface area contributed by atoms with Gasteiger partial charge in [-0.15, -0.1) is 0 Å². The molecule has 2 atom stereocenters. The Kier molecular flexibility index (Phi) is 4.63. The van der Waals surface area contributed by atoms with E-state index in [-0.39, 0.29) is 30.9 Å². The van der Waals surface area contributed by atoms with Crippen molar-refractivity contribution in [2.75, 3.05) is 32.7 Å². The maximum absolute atomic E-state index is 12.8. The van der Waals surface area contributed by atoms with Crippen LogP contribution < -0.4 is 10.6 Å². The lowest BCUT2D eigenvalue weighted by Gasteiger charge is -2.21. The van der Waals surface area contributed by atoms with Crippen LogP contribution in [-0.4, -0.2) is 60.4 Å². The summed E-state index contributed by atoms with van der Waals surface area (Å²) >= 11 is 0. The van der Waals surface area contributed by atoms with Crippen LogP contribution in [0.25, 0.3) is 0 Å². The number of amides is 4. The number of carbonyl (C=O) groups excluding carboxylic acids is 3. The van der Waals surface area contributed by atoms with Crippen molar-refractivity contribution in [1.82, 2.24) is 20.4 Å². The Labute approximate surface area is 152 Å². The predicted octanol–water partition coefficient (Wildman–Crippen LogP) is 0.810. The SMILES string of the molecule is O=C(c1ccc(CN2C(=O)CNC2=O)cc1)N1CC[C@@H]2CNC[C@@H]2CC1. The Hall–Kier alpha value is -2.41. The quantitative estimate of drug-likeness (QED) is 0.786. The molecule has 1 aromatic rings. The summed E-state index contributed by atoms with van der Waals surface area (Å²) < 4.78 is 0. The zero-order valence-corrected chi connectivity index (χ0v) is 14.7. The van der Waals surface area contributed by atoms with Crippen molar-refractivity contribution in [2.24, 2.45) is 11.8 Å². The highest BCUT2D eigenvalue weighted by molar-refractivity contribution is 6.01. The Morgan fingerprint density at radius 1 is 1.04 bits per heavy atom. The number of hydrogen-bond acceptors (Lipinski definition) is 4. The number of urea groups is 1. The molecular weight excluding hydrogens is 332 g/mol. The van der Waals surface area contributed by atoms with E-state index in [1.807, 2.05) is 17.0 Å². The van der Waals surface area contributed by atoms with Gasteiger partial charge in [-0.1, -0.05) is 12.1 Å². The minimum absolute atomic E-state index is 0.0574. The molecule has 0 saturated carbocycles. The fraction of sp³-hybridized carbons (Fsp3) is 0.526. The van der Waals surface area contributed by atoms with Gasteiger partial charge in [0, 0.05) is 18.7 Å². The van der Waals surface area contributed by atoms with E-state index >= 15 is 0 Å². The van der Waals surface area contributed by atoms with Crippen LogP contribution in [0.4, 0.5) is 4.79 Å². The molecule has 3 saturated heterocycles. The van der Waals surface area contributed by atoms with E-state index in [9.17, 15) is 14.4 Å². The van der Waals surface area contributed by atoms with E-state index in [4.69, 9.17) is 0 Å². The van der Waals surface area contributed by atoms with Gasteiger partial charge in [0.25, 0.3) is 5.91 Å². The molecular formula is C19H24N4O3. The average Bonchev–Trinajstić information content (AvgIpc) is 3.17. The molecule has 0 aromatic heterocycles. The van der Waals surface area contributed by atoms with Gasteiger partial charge in [-0.3, -0.25) is 14.5 Å². The van der Waals surface area contributed by atoms with Crippen LogP contribution in [0.3, 0.4) is 0 Å². The molecule has 0 unspecified atom stereocenters. The summed E-state index contributed by atoms with van der Waals surface area (Å²) in [4.78, 5) is 39.2. The second kappa shape index (κ2) is 7.07. The summed E-state index contributed by atoms with van der Waals surface area (Å²) in [7, 11) is 0. The molecule has 2 N–H and O–H groups in total. The Balaban J connectivity index is 1.39. The van der Waals surface area contributed by atoms with Gasteiger partial charge < -0.3 is 15.5 Å². The molecule has 0 spiro atoms. The van der Waals surface area contributed by atoms with Gasteiger partial charge in [-0.05, 0) is 55.5 Å². The Morgan fingerprint density at radius 2 is 1.69 bits per heavy atom.